The molecule has 5 heteroatoms. The van der Waals surface area contributed by atoms with Crippen molar-refractivity contribution in [3.8, 4) is 28.7 Å². The summed E-state index contributed by atoms with van der Waals surface area (Å²) >= 11 is 6.14. The van der Waals surface area contributed by atoms with Gasteiger partial charge in [-0.15, -0.1) is 10.2 Å². The van der Waals surface area contributed by atoms with E-state index in [1.165, 1.54) is 0 Å². The normalized spacial score (nSPS) is 10.7. The minimum Gasteiger partial charge on any atom is -0.489 e. The molecule has 3 aromatic carbocycles. The van der Waals surface area contributed by atoms with Gasteiger partial charge < -0.3 is 9.15 Å². The smallest absolute Gasteiger partial charge is 0.248 e. The number of aromatic nitrogens is 2. The molecule has 0 saturated heterocycles. The largest absolute Gasteiger partial charge is 0.489 e. The fraction of sp³-hybridized carbons (Fsp3) is 0.0476. The molecule has 0 bridgehead atoms. The molecule has 1 heterocycles. The Labute approximate surface area is 156 Å². The first-order chi connectivity index (χ1) is 12.8. The SMILES string of the molecule is Clc1ccccc1COc1ccc(-c2nnc(-c3ccccc3)o2)cc1. The Hall–Kier alpha value is -3.11. The van der Waals surface area contributed by atoms with Crippen molar-refractivity contribution in [3.63, 3.8) is 0 Å². The summed E-state index contributed by atoms with van der Waals surface area (Å²) < 4.78 is 11.5. The maximum atomic E-state index is 6.14. The van der Waals surface area contributed by atoms with Crippen LogP contribution in [-0.2, 0) is 6.61 Å². The third-order valence-electron chi connectivity index (χ3n) is 3.90. The average molecular weight is 363 g/mol. The Balaban J connectivity index is 1.46. The molecule has 0 aliphatic rings. The van der Waals surface area contributed by atoms with Crippen LogP contribution in [0.15, 0.2) is 83.3 Å². The second kappa shape index (κ2) is 7.42. The number of rotatable bonds is 5. The second-order valence-corrected chi connectivity index (χ2v) is 6.09. The minimum absolute atomic E-state index is 0.414. The summed E-state index contributed by atoms with van der Waals surface area (Å²) in [5.74, 6) is 1.72. The lowest BCUT2D eigenvalue weighted by Gasteiger charge is -2.07. The summed E-state index contributed by atoms with van der Waals surface area (Å²) in [6, 6.07) is 24.8. The van der Waals surface area contributed by atoms with Gasteiger partial charge in [0.05, 0.1) is 0 Å². The van der Waals surface area contributed by atoms with E-state index >= 15 is 0 Å². The van der Waals surface area contributed by atoms with Crippen LogP contribution in [0.2, 0.25) is 5.02 Å². The maximum absolute atomic E-state index is 6.14. The standard InChI is InChI=1S/C21H15ClN2O2/c22-19-9-5-4-8-17(19)14-25-18-12-10-16(11-13-18)21-24-23-20(26-21)15-6-2-1-3-7-15/h1-13H,14H2. The van der Waals surface area contributed by atoms with Crippen LogP contribution in [0.25, 0.3) is 22.9 Å². The van der Waals surface area contributed by atoms with E-state index in [0.717, 1.165) is 22.4 Å². The van der Waals surface area contributed by atoms with Crippen LogP contribution < -0.4 is 4.74 Å². The van der Waals surface area contributed by atoms with Crippen LogP contribution in [0, 0.1) is 0 Å². The third kappa shape index (κ3) is 3.60. The molecule has 0 N–H and O–H groups in total. The molecule has 0 unspecified atom stereocenters. The lowest BCUT2D eigenvalue weighted by Crippen LogP contribution is -1.95. The van der Waals surface area contributed by atoms with Gasteiger partial charge in [-0.1, -0.05) is 48.0 Å². The highest BCUT2D eigenvalue weighted by atomic mass is 35.5. The highest BCUT2D eigenvalue weighted by Crippen LogP contribution is 2.26. The number of benzene rings is 3. The molecule has 0 spiro atoms. The Bertz CT molecular complexity index is 998. The molecule has 0 aliphatic heterocycles. The Morgan fingerprint density at radius 1 is 0.731 bits per heavy atom. The van der Waals surface area contributed by atoms with Crippen molar-refractivity contribution in [2.45, 2.75) is 6.61 Å². The molecule has 0 amide bonds. The lowest BCUT2D eigenvalue weighted by atomic mass is 10.2. The first-order valence-electron chi connectivity index (χ1n) is 8.15. The zero-order valence-corrected chi connectivity index (χ0v) is 14.6. The molecule has 1 aromatic heterocycles. The van der Waals surface area contributed by atoms with Crippen LogP contribution in [0.5, 0.6) is 5.75 Å². The number of halogens is 1. The van der Waals surface area contributed by atoms with Gasteiger partial charge in [0.1, 0.15) is 12.4 Å². The topological polar surface area (TPSA) is 48.2 Å². The molecule has 0 atom stereocenters. The van der Waals surface area contributed by atoms with E-state index in [1.54, 1.807) is 0 Å². The van der Waals surface area contributed by atoms with Gasteiger partial charge in [-0.2, -0.15) is 0 Å². The van der Waals surface area contributed by atoms with Crippen LogP contribution in [0.1, 0.15) is 5.56 Å². The van der Waals surface area contributed by atoms with Gasteiger partial charge in [-0.25, -0.2) is 0 Å². The third-order valence-corrected chi connectivity index (χ3v) is 4.27. The lowest BCUT2D eigenvalue weighted by molar-refractivity contribution is 0.306. The fourth-order valence-corrected chi connectivity index (χ4v) is 2.70. The van der Waals surface area contributed by atoms with Gasteiger partial charge in [0.15, 0.2) is 0 Å². The van der Waals surface area contributed by atoms with Crippen molar-refractivity contribution in [1.29, 1.82) is 0 Å². The molecule has 26 heavy (non-hydrogen) atoms. The van der Waals surface area contributed by atoms with E-state index in [1.807, 2.05) is 78.9 Å². The van der Waals surface area contributed by atoms with E-state index in [0.29, 0.717) is 23.4 Å². The van der Waals surface area contributed by atoms with Crippen LogP contribution in [0.4, 0.5) is 0 Å². The van der Waals surface area contributed by atoms with E-state index < -0.39 is 0 Å². The Morgan fingerprint density at radius 3 is 2.04 bits per heavy atom. The predicted octanol–water partition coefficient (Wildman–Crippen LogP) is 5.64. The summed E-state index contributed by atoms with van der Waals surface area (Å²) in [6.45, 7) is 0.414. The van der Waals surface area contributed by atoms with E-state index in [9.17, 15) is 0 Å². The highest BCUT2D eigenvalue weighted by Gasteiger charge is 2.10. The van der Waals surface area contributed by atoms with Crippen molar-refractivity contribution in [2.75, 3.05) is 0 Å². The van der Waals surface area contributed by atoms with Crippen molar-refractivity contribution in [3.05, 3.63) is 89.4 Å². The number of ether oxygens (including phenoxy) is 1. The monoisotopic (exact) mass is 362 g/mol. The van der Waals surface area contributed by atoms with Crippen molar-refractivity contribution in [2.24, 2.45) is 0 Å². The quantitative estimate of drug-likeness (QED) is 0.461. The molecule has 0 fully saturated rings. The number of hydrogen-bond donors (Lipinski definition) is 0. The van der Waals surface area contributed by atoms with E-state index in [4.69, 9.17) is 20.8 Å². The van der Waals surface area contributed by atoms with Gasteiger partial charge in [-0.05, 0) is 42.5 Å². The van der Waals surface area contributed by atoms with E-state index in [-0.39, 0.29) is 0 Å². The van der Waals surface area contributed by atoms with Gasteiger partial charge in [0.2, 0.25) is 11.8 Å². The zero-order valence-electron chi connectivity index (χ0n) is 13.8. The van der Waals surface area contributed by atoms with Crippen LogP contribution in [-0.4, -0.2) is 10.2 Å². The predicted molar refractivity (Wildman–Crippen MR) is 101 cm³/mol. The van der Waals surface area contributed by atoms with Gasteiger partial charge in [0, 0.05) is 21.7 Å². The zero-order chi connectivity index (χ0) is 17.8. The highest BCUT2D eigenvalue weighted by molar-refractivity contribution is 6.31. The summed E-state index contributed by atoms with van der Waals surface area (Å²) in [6.07, 6.45) is 0. The second-order valence-electron chi connectivity index (χ2n) is 5.68. The van der Waals surface area contributed by atoms with Gasteiger partial charge >= 0.3 is 0 Å². The summed E-state index contributed by atoms with van der Waals surface area (Å²) in [4.78, 5) is 0. The molecular weight excluding hydrogens is 348 g/mol. The molecule has 128 valence electrons. The summed E-state index contributed by atoms with van der Waals surface area (Å²) in [7, 11) is 0. The van der Waals surface area contributed by atoms with Crippen LogP contribution in [0.3, 0.4) is 0 Å². The van der Waals surface area contributed by atoms with Gasteiger partial charge in [-0.3, -0.25) is 0 Å². The number of nitrogens with zero attached hydrogens (tertiary/aromatic N) is 2. The molecule has 4 nitrogen and oxygen atoms in total. The molecule has 0 radical (unpaired) electrons. The van der Waals surface area contributed by atoms with Crippen molar-refractivity contribution < 1.29 is 9.15 Å². The number of hydrogen-bond acceptors (Lipinski definition) is 4. The Morgan fingerprint density at radius 2 is 1.35 bits per heavy atom. The maximum Gasteiger partial charge on any atom is 0.248 e. The van der Waals surface area contributed by atoms with Crippen LogP contribution >= 0.6 is 11.6 Å². The first-order valence-corrected chi connectivity index (χ1v) is 8.53. The van der Waals surface area contributed by atoms with Crippen molar-refractivity contribution >= 4 is 11.6 Å². The molecule has 4 aromatic rings. The summed E-state index contributed by atoms with van der Waals surface area (Å²) in [5, 5.41) is 8.93. The van der Waals surface area contributed by atoms with Gasteiger partial charge in [0.25, 0.3) is 0 Å². The fourth-order valence-electron chi connectivity index (χ4n) is 2.51. The minimum atomic E-state index is 0.414. The summed E-state index contributed by atoms with van der Waals surface area (Å²) in [5.41, 5.74) is 2.68. The molecular formula is C21H15ClN2O2. The average Bonchev–Trinajstić information content (AvgIpc) is 3.19. The molecule has 4 rings (SSSR count). The molecule has 0 aliphatic carbocycles. The van der Waals surface area contributed by atoms with E-state index in [2.05, 4.69) is 10.2 Å². The Kier molecular flexibility index (Phi) is 4.67. The van der Waals surface area contributed by atoms with Crippen molar-refractivity contribution in [1.82, 2.24) is 10.2 Å². The first kappa shape index (κ1) is 16.4. The molecule has 0 saturated carbocycles.